The zero-order valence-corrected chi connectivity index (χ0v) is 10.9. The van der Waals surface area contributed by atoms with E-state index in [4.69, 9.17) is 10.2 Å². The van der Waals surface area contributed by atoms with Crippen LogP contribution < -0.4 is 0 Å². The van der Waals surface area contributed by atoms with E-state index in [-0.39, 0.29) is 0 Å². The van der Waals surface area contributed by atoms with Crippen LogP contribution in [0.4, 0.5) is 0 Å². The van der Waals surface area contributed by atoms with Crippen molar-refractivity contribution in [2.75, 3.05) is 0 Å². The minimum absolute atomic E-state index is 0.503. The Morgan fingerprint density at radius 3 is 2.63 bits per heavy atom. The summed E-state index contributed by atoms with van der Waals surface area (Å²) in [4.78, 5) is 15.6. The number of aryl methyl sites for hydroxylation is 2. The molecule has 2 aromatic rings. The van der Waals surface area contributed by atoms with Crippen LogP contribution in [0.3, 0.4) is 0 Å². The summed E-state index contributed by atoms with van der Waals surface area (Å²) in [6.07, 6.45) is 4.65. The second-order valence-electron chi connectivity index (χ2n) is 3.99. The number of carbonyl (C=O) groups is 1. The van der Waals surface area contributed by atoms with Gasteiger partial charge in [0.15, 0.2) is 0 Å². The molecule has 0 aliphatic heterocycles. The van der Waals surface area contributed by atoms with E-state index in [1.807, 2.05) is 18.2 Å². The quantitative estimate of drug-likeness (QED) is 0.650. The number of nitrogens with zero attached hydrogens (tertiary/aromatic N) is 1. The fraction of sp³-hybridized carbons (Fsp3) is 0.143. The zero-order valence-electron chi connectivity index (χ0n) is 10.1. The SMILES string of the molecule is O=C(O)/C(O)=C/c1ncc(CCc2ccccc2)s1. The molecular weight excluding hydrogens is 262 g/mol. The first kappa shape index (κ1) is 13.3. The fourth-order valence-electron chi connectivity index (χ4n) is 1.60. The van der Waals surface area contributed by atoms with Crippen LogP contribution in [0.5, 0.6) is 0 Å². The van der Waals surface area contributed by atoms with Gasteiger partial charge in [-0.1, -0.05) is 30.3 Å². The van der Waals surface area contributed by atoms with Crippen LogP contribution in [0.15, 0.2) is 42.3 Å². The molecule has 0 saturated heterocycles. The van der Waals surface area contributed by atoms with Crippen molar-refractivity contribution in [1.82, 2.24) is 4.98 Å². The maximum atomic E-state index is 10.5. The number of benzene rings is 1. The molecule has 0 unspecified atom stereocenters. The number of hydrogen-bond donors (Lipinski definition) is 2. The number of aliphatic hydroxyl groups is 1. The third kappa shape index (κ3) is 3.93. The number of hydrogen-bond acceptors (Lipinski definition) is 4. The Kier molecular flexibility index (Phi) is 4.30. The number of carboxylic acids is 1. The topological polar surface area (TPSA) is 70.4 Å². The van der Waals surface area contributed by atoms with Crippen molar-refractivity contribution in [3.63, 3.8) is 0 Å². The van der Waals surface area contributed by atoms with Gasteiger partial charge in [0, 0.05) is 17.2 Å². The van der Waals surface area contributed by atoms with Crippen LogP contribution in [0.1, 0.15) is 15.4 Å². The Balaban J connectivity index is 1.98. The van der Waals surface area contributed by atoms with Crippen molar-refractivity contribution >= 4 is 23.4 Å². The van der Waals surface area contributed by atoms with Crippen LogP contribution >= 0.6 is 11.3 Å². The molecule has 0 radical (unpaired) electrons. The van der Waals surface area contributed by atoms with Gasteiger partial charge in [-0.25, -0.2) is 9.78 Å². The van der Waals surface area contributed by atoms with Crippen molar-refractivity contribution < 1.29 is 15.0 Å². The Hall–Kier alpha value is -2.14. The van der Waals surface area contributed by atoms with E-state index < -0.39 is 11.7 Å². The third-order valence-electron chi connectivity index (χ3n) is 2.55. The molecule has 0 bridgehead atoms. The summed E-state index contributed by atoms with van der Waals surface area (Å²) in [7, 11) is 0. The van der Waals surface area contributed by atoms with Gasteiger partial charge in [0.2, 0.25) is 5.76 Å². The average molecular weight is 275 g/mol. The van der Waals surface area contributed by atoms with Gasteiger partial charge in [0.25, 0.3) is 0 Å². The first-order valence-corrected chi connectivity index (χ1v) is 6.59. The van der Waals surface area contributed by atoms with Crippen LogP contribution in [0.2, 0.25) is 0 Å². The van der Waals surface area contributed by atoms with Crippen LogP contribution in [-0.4, -0.2) is 21.2 Å². The van der Waals surface area contributed by atoms with Crippen molar-refractivity contribution in [3.05, 3.63) is 57.7 Å². The lowest BCUT2D eigenvalue weighted by atomic mass is 10.1. The largest absolute Gasteiger partial charge is 0.502 e. The van der Waals surface area contributed by atoms with Gasteiger partial charge in [-0.2, -0.15) is 0 Å². The van der Waals surface area contributed by atoms with Crippen LogP contribution in [-0.2, 0) is 17.6 Å². The molecule has 0 atom stereocenters. The standard InChI is InChI=1S/C14H13NO3S/c16-12(14(17)18)8-13-15-9-11(19-13)7-6-10-4-2-1-3-5-10/h1-5,8-9,16H,6-7H2,(H,17,18)/b12-8-. The molecule has 19 heavy (non-hydrogen) atoms. The lowest BCUT2D eigenvalue weighted by Crippen LogP contribution is -1.97. The van der Waals surface area contributed by atoms with E-state index in [9.17, 15) is 4.79 Å². The first-order valence-electron chi connectivity index (χ1n) is 5.78. The van der Waals surface area contributed by atoms with Gasteiger partial charge in [-0.05, 0) is 18.4 Å². The molecule has 1 heterocycles. The summed E-state index contributed by atoms with van der Waals surface area (Å²) in [6, 6.07) is 10.1. The molecule has 2 N–H and O–H groups in total. The summed E-state index contributed by atoms with van der Waals surface area (Å²) in [5.74, 6) is -2.04. The van der Waals surface area contributed by atoms with Gasteiger partial charge in [0.05, 0.1) is 0 Å². The van der Waals surface area contributed by atoms with E-state index in [2.05, 4.69) is 17.1 Å². The van der Waals surface area contributed by atoms with Crippen molar-refractivity contribution in [3.8, 4) is 0 Å². The maximum absolute atomic E-state index is 10.5. The van der Waals surface area contributed by atoms with E-state index in [1.54, 1.807) is 6.20 Å². The zero-order chi connectivity index (χ0) is 13.7. The molecule has 1 aromatic carbocycles. The molecule has 1 aromatic heterocycles. The highest BCUT2D eigenvalue weighted by Gasteiger charge is 2.06. The summed E-state index contributed by atoms with van der Waals surface area (Å²) in [5.41, 5.74) is 1.25. The number of aliphatic carboxylic acids is 1. The second kappa shape index (κ2) is 6.15. The number of carboxylic acid groups (broad SMARTS) is 1. The fourth-order valence-corrected chi connectivity index (χ4v) is 2.45. The number of rotatable bonds is 5. The minimum Gasteiger partial charge on any atom is -0.502 e. The van der Waals surface area contributed by atoms with Crippen molar-refractivity contribution in [1.29, 1.82) is 0 Å². The Morgan fingerprint density at radius 2 is 1.95 bits per heavy atom. The lowest BCUT2D eigenvalue weighted by Gasteiger charge is -1.97. The molecule has 0 spiro atoms. The van der Waals surface area contributed by atoms with E-state index >= 15 is 0 Å². The second-order valence-corrected chi connectivity index (χ2v) is 5.13. The first-order chi connectivity index (χ1) is 9.15. The Morgan fingerprint density at radius 1 is 1.21 bits per heavy atom. The van der Waals surface area contributed by atoms with E-state index in [0.29, 0.717) is 5.01 Å². The van der Waals surface area contributed by atoms with E-state index in [0.717, 1.165) is 17.7 Å². The molecule has 0 amide bonds. The molecular formula is C14H13NO3S. The number of aliphatic hydroxyl groups excluding tert-OH is 1. The monoisotopic (exact) mass is 275 g/mol. The maximum Gasteiger partial charge on any atom is 0.371 e. The molecule has 5 heteroatoms. The summed E-state index contributed by atoms with van der Waals surface area (Å²) < 4.78 is 0. The third-order valence-corrected chi connectivity index (χ3v) is 3.56. The Bertz CT molecular complexity index is 590. The van der Waals surface area contributed by atoms with Crippen molar-refractivity contribution in [2.24, 2.45) is 0 Å². The van der Waals surface area contributed by atoms with Gasteiger partial charge in [-0.3, -0.25) is 0 Å². The summed E-state index contributed by atoms with van der Waals surface area (Å²) in [6.45, 7) is 0. The molecule has 0 aliphatic rings. The van der Waals surface area contributed by atoms with Gasteiger partial charge >= 0.3 is 5.97 Å². The number of thiazole rings is 1. The predicted molar refractivity (Wildman–Crippen MR) is 74.2 cm³/mol. The highest BCUT2D eigenvalue weighted by Crippen LogP contribution is 2.17. The number of aromatic nitrogens is 1. The van der Waals surface area contributed by atoms with Gasteiger partial charge < -0.3 is 10.2 Å². The molecule has 2 rings (SSSR count). The molecule has 4 nitrogen and oxygen atoms in total. The van der Waals surface area contributed by atoms with Gasteiger partial charge in [0.1, 0.15) is 5.01 Å². The Labute approximate surface area is 114 Å². The van der Waals surface area contributed by atoms with E-state index in [1.165, 1.54) is 23.0 Å². The summed E-state index contributed by atoms with van der Waals surface area (Å²) in [5, 5.41) is 18.2. The molecule has 98 valence electrons. The smallest absolute Gasteiger partial charge is 0.371 e. The highest BCUT2D eigenvalue weighted by molar-refractivity contribution is 7.12. The predicted octanol–water partition coefficient (Wildman–Crippen LogP) is 2.91. The van der Waals surface area contributed by atoms with Crippen molar-refractivity contribution in [2.45, 2.75) is 12.8 Å². The highest BCUT2D eigenvalue weighted by atomic mass is 32.1. The average Bonchev–Trinajstić information content (AvgIpc) is 2.85. The molecule has 0 aliphatic carbocycles. The molecule has 0 fully saturated rings. The van der Waals surface area contributed by atoms with Crippen LogP contribution in [0.25, 0.3) is 6.08 Å². The normalized spacial score (nSPS) is 11.5. The van der Waals surface area contributed by atoms with Crippen LogP contribution in [0, 0.1) is 0 Å². The van der Waals surface area contributed by atoms with Gasteiger partial charge in [-0.15, -0.1) is 11.3 Å². The lowest BCUT2D eigenvalue weighted by molar-refractivity contribution is -0.135. The molecule has 0 saturated carbocycles. The minimum atomic E-state index is -1.35. The summed E-state index contributed by atoms with van der Waals surface area (Å²) >= 11 is 1.39.